The molecule has 2 heterocycles. The van der Waals surface area contributed by atoms with Crippen LogP contribution in [-0.4, -0.2) is 63.0 Å². The van der Waals surface area contributed by atoms with E-state index in [1.807, 2.05) is 6.92 Å². The Morgan fingerprint density at radius 3 is 2.89 bits per heavy atom. The molecular weight excluding hydrogens is 353 g/mol. The Morgan fingerprint density at radius 1 is 1.44 bits per heavy atom. The van der Waals surface area contributed by atoms with Crippen molar-refractivity contribution in [2.45, 2.75) is 19.4 Å². The first-order valence-electron chi connectivity index (χ1n) is 8.88. The molecule has 0 saturated carbocycles. The molecule has 0 N–H and O–H groups in total. The average molecular weight is 377 g/mol. The minimum atomic E-state index is -0.486. The average Bonchev–Trinajstić information content (AvgIpc) is 3.13. The van der Waals surface area contributed by atoms with Crippen molar-refractivity contribution < 1.29 is 23.2 Å². The maximum atomic E-state index is 13.8. The number of benzene rings is 1. The number of anilines is 1. The Kier molecular flexibility index (Phi) is 5.65. The van der Waals surface area contributed by atoms with Gasteiger partial charge in [0.15, 0.2) is 23.1 Å². The van der Waals surface area contributed by atoms with Crippen LogP contribution in [0.3, 0.4) is 0 Å². The molecule has 0 bridgehead atoms. The minimum Gasteiger partial charge on any atom is -0.494 e. The summed E-state index contributed by atoms with van der Waals surface area (Å²) >= 11 is 0. The molecule has 27 heavy (non-hydrogen) atoms. The number of nitrogens with zero attached hydrogens (tertiary/aromatic N) is 3. The van der Waals surface area contributed by atoms with Crippen molar-refractivity contribution in [1.82, 2.24) is 10.1 Å². The lowest BCUT2D eigenvalue weighted by Gasteiger charge is -2.32. The third-order valence-corrected chi connectivity index (χ3v) is 4.61. The van der Waals surface area contributed by atoms with Crippen molar-refractivity contribution >= 4 is 11.7 Å². The maximum absolute atomic E-state index is 13.8. The fourth-order valence-corrected chi connectivity index (χ4v) is 3.09. The predicted octanol–water partition coefficient (Wildman–Crippen LogP) is 2.81. The number of hydrogen-bond acceptors (Lipinski definition) is 6. The van der Waals surface area contributed by atoms with E-state index in [-0.39, 0.29) is 17.8 Å². The highest BCUT2D eigenvalue weighted by Gasteiger charge is 2.32. The van der Waals surface area contributed by atoms with Crippen molar-refractivity contribution in [3.05, 3.63) is 29.6 Å². The lowest BCUT2D eigenvalue weighted by atomic mass is 10.1. The Morgan fingerprint density at radius 2 is 2.22 bits per heavy atom. The molecule has 3 rings (SSSR count). The summed E-state index contributed by atoms with van der Waals surface area (Å²) in [6, 6.07) is 4.32. The van der Waals surface area contributed by atoms with E-state index in [0.717, 1.165) is 6.42 Å². The summed E-state index contributed by atoms with van der Waals surface area (Å²) in [6.45, 7) is 3.53. The summed E-state index contributed by atoms with van der Waals surface area (Å²) in [5, 5.41) is 4.06. The van der Waals surface area contributed by atoms with Gasteiger partial charge in [-0.3, -0.25) is 4.79 Å². The number of morpholine rings is 1. The van der Waals surface area contributed by atoms with E-state index in [2.05, 4.69) is 5.16 Å². The monoisotopic (exact) mass is 377 g/mol. The standard InChI is InChI=1S/C19H24FN3O4/c1-5-13-11-23(8-9-26-13)19(24)16-17(27-21-18(16)22(2)3)12-6-7-14(20)15(10-12)25-4/h6-7,10,13H,5,8-9,11H2,1-4H3. The van der Waals surface area contributed by atoms with Crippen LogP contribution in [0, 0.1) is 5.82 Å². The first kappa shape index (κ1) is 19.2. The van der Waals surface area contributed by atoms with Crippen LogP contribution in [0.4, 0.5) is 10.2 Å². The zero-order valence-electron chi connectivity index (χ0n) is 16.0. The topological polar surface area (TPSA) is 68.0 Å². The van der Waals surface area contributed by atoms with E-state index < -0.39 is 5.82 Å². The fourth-order valence-electron chi connectivity index (χ4n) is 3.09. The van der Waals surface area contributed by atoms with E-state index in [1.165, 1.54) is 19.2 Å². The molecule has 2 aromatic rings. The van der Waals surface area contributed by atoms with Crippen LogP contribution in [0.25, 0.3) is 11.3 Å². The molecule has 1 fully saturated rings. The van der Waals surface area contributed by atoms with Gasteiger partial charge in [0.05, 0.1) is 19.8 Å². The van der Waals surface area contributed by atoms with Gasteiger partial charge in [0, 0.05) is 32.7 Å². The molecule has 1 aromatic heterocycles. The van der Waals surface area contributed by atoms with Crippen molar-refractivity contribution in [3.63, 3.8) is 0 Å². The number of methoxy groups -OCH3 is 1. The highest BCUT2D eigenvalue weighted by Crippen LogP contribution is 2.34. The molecule has 1 unspecified atom stereocenters. The number of carbonyl (C=O) groups is 1. The highest BCUT2D eigenvalue weighted by molar-refractivity contribution is 6.04. The van der Waals surface area contributed by atoms with Crippen molar-refractivity contribution in [3.8, 4) is 17.1 Å². The molecule has 7 nitrogen and oxygen atoms in total. The van der Waals surface area contributed by atoms with E-state index in [0.29, 0.717) is 42.4 Å². The van der Waals surface area contributed by atoms with Gasteiger partial charge in [0.25, 0.3) is 5.91 Å². The van der Waals surface area contributed by atoms with Crippen LogP contribution < -0.4 is 9.64 Å². The molecule has 1 atom stereocenters. The van der Waals surface area contributed by atoms with Gasteiger partial charge in [0.2, 0.25) is 0 Å². The third kappa shape index (κ3) is 3.75. The van der Waals surface area contributed by atoms with Gasteiger partial charge in [-0.1, -0.05) is 12.1 Å². The highest BCUT2D eigenvalue weighted by atomic mass is 19.1. The van der Waals surface area contributed by atoms with Gasteiger partial charge in [-0.25, -0.2) is 4.39 Å². The smallest absolute Gasteiger partial charge is 0.261 e. The fraction of sp³-hybridized carbons (Fsp3) is 0.474. The molecule has 1 aromatic carbocycles. The Balaban J connectivity index is 2.03. The molecule has 1 amide bonds. The number of aromatic nitrogens is 1. The summed E-state index contributed by atoms with van der Waals surface area (Å²) < 4.78 is 30.0. The first-order chi connectivity index (χ1) is 13.0. The lowest BCUT2D eigenvalue weighted by Crippen LogP contribution is -2.45. The molecule has 0 spiro atoms. The van der Waals surface area contributed by atoms with Gasteiger partial charge in [0.1, 0.15) is 5.56 Å². The van der Waals surface area contributed by atoms with Gasteiger partial charge in [-0.05, 0) is 24.6 Å². The Bertz CT molecular complexity index is 821. The van der Waals surface area contributed by atoms with E-state index in [1.54, 1.807) is 30.0 Å². The zero-order chi connectivity index (χ0) is 19.6. The van der Waals surface area contributed by atoms with Crippen LogP contribution in [0.15, 0.2) is 22.7 Å². The first-order valence-corrected chi connectivity index (χ1v) is 8.88. The van der Waals surface area contributed by atoms with Crippen molar-refractivity contribution in [2.75, 3.05) is 45.8 Å². The predicted molar refractivity (Wildman–Crippen MR) is 98.7 cm³/mol. The van der Waals surface area contributed by atoms with E-state index >= 15 is 0 Å². The van der Waals surface area contributed by atoms with Crippen LogP contribution in [-0.2, 0) is 4.74 Å². The SMILES string of the molecule is CCC1CN(C(=O)c2c(N(C)C)noc2-c2ccc(F)c(OC)c2)CCO1. The number of amides is 1. The van der Waals surface area contributed by atoms with E-state index in [4.69, 9.17) is 14.0 Å². The number of hydrogen-bond donors (Lipinski definition) is 0. The minimum absolute atomic E-state index is 0.0136. The normalized spacial score (nSPS) is 17.1. The third-order valence-electron chi connectivity index (χ3n) is 4.61. The zero-order valence-corrected chi connectivity index (χ0v) is 16.0. The molecule has 0 aliphatic carbocycles. The summed E-state index contributed by atoms with van der Waals surface area (Å²) in [5.41, 5.74) is 0.878. The second-order valence-corrected chi connectivity index (χ2v) is 6.61. The molecular formula is C19H24FN3O4. The quantitative estimate of drug-likeness (QED) is 0.798. The summed E-state index contributed by atoms with van der Waals surface area (Å²) in [6.07, 6.45) is 0.843. The van der Waals surface area contributed by atoms with Crippen molar-refractivity contribution in [2.24, 2.45) is 0 Å². The van der Waals surface area contributed by atoms with Gasteiger partial charge < -0.3 is 23.8 Å². The van der Waals surface area contributed by atoms with Gasteiger partial charge in [-0.15, -0.1) is 0 Å². The number of ether oxygens (including phenoxy) is 2. The molecule has 1 aliphatic heterocycles. The van der Waals surface area contributed by atoms with Crippen LogP contribution >= 0.6 is 0 Å². The number of carbonyl (C=O) groups excluding carboxylic acids is 1. The Hall–Kier alpha value is -2.61. The summed E-state index contributed by atoms with van der Waals surface area (Å²) in [5.74, 6) is 0.130. The number of halogens is 1. The lowest BCUT2D eigenvalue weighted by molar-refractivity contribution is -0.0225. The van der Waals surface area contributed by atoms with Gasteiger partial charge >= 0.3 is 0 Å². The largest absolute Gasteiger partial charge is 0.494 e. The molecule has 1 saturated heterocycles. The molecule has 8 heteroatoms. The van der Waals surface area contributed by atoms with Crippen LogP contribution in [0.5, 0.6) is 5.75 Å². The molecule has 0 radical (unpaired) electrons. The van der Waals surface area contributed by atoms with E-state index in [9.17, 15) is 9.18 Å². The second kappa shape index (κ2) is 7.96. The Labute approximate surface area is 157 Å². The maximum Gasteiger partial charge on any atom is 0.261 e. The molecule has 146 valence electrons. The summed E-state index contributed by atoms with van der Waals surface area (Å²) in [7, 11) is 4.97. The van der Waals surface area contributed by atoms with Crippen LogP contribution in [0.2, 0.25) is 0 Å². The van der Waals surface area contributed by atoms with Gasteiger partial charge in [-0.2, -0.15) is 0 Å². The number of rotatable bonds is 5. The van der Waals surface area contributed by atoms with Crippen LogP contribution in [0.1, 0.15) is 23.7 Å². The second-order valence-electron chi connectivity index (χ2n) is 6.61. The molecule has 1 aliphatic rings. The van der Waals surface area contributed by atoms with Crippen molar-refractivity contribution in [1.29, 1.82) is 0 Å². The summed E-state index contributed by atoms with van der Waals surface area (Å²) in [4.78, 5) is 16.8.